The fourth-order valence-corrected chi connectivity index (χ4v) is 2.96. The van der Waals surface area contributed by atoms with Crippen molar-refractivity contribution in [2.24, 2.45) is 0 Å². The zero-order chi connectivity index (χ0) is 17.6. The maximum absolute atomic E-state index is 12.1. The second kappa shape index (κ2) is 7.98. The molecule has 0 saturated carbocycles. The van der Waals surface area contributed by atoms with Crippen LogP contribution in [0.25, 0.3) is 0 Å². The standard InChI is InChI=1S/C17H22N6O2/c1-12-8-14(21-15-9-18-5-6-19-15)22-17(20-12)13-4-3-7-23(10-13)16(24)11-25-2/h5-6,8-9,13H,3-4,7,10-11H2,1-2H3,(H,19,20,21,22)/t13-/m1/s1. The number of aromatic nitrogens is 4. The SMILES string of the molecule is COCC(=O)N1CCC[C@@H](c2nc(C)cc(Nc3cnccn3)n2)C1. The molecule has 0 radical (unpaired) electrons. The largest absolute Gasteiger partial charge is 0.375 e. The molecule has 2 aromatic heterocycles. The molecule has 0 spiro atoms. The Kier molecular flexibility index (Phi) is 5.49. The summed E-state index contributed by atoms with van der Waals surface area (Å²) in [6, 6.07) is 1.87. The molecule has 2 aromatic rings. The van der Waals surface area contributed by atoms with Crippen LogP contribution in [0.15, 0.2) is 24.7 Å². The van der Waals surface area contributed by atoms with Gasteiger partial charge in [0.15, 0.2) is 0 Å². The van der Waals surface area contributed by atoms with Crippen LogP contribution in [0.5, 0.6) is 0 Å². The predicted octanol–water partition coefficient (Wildman–Crippen LogP) is 1.67. The van der Waals surface area contributed by atoms with Crippen LogP contribution in [0, 0.1) is 6.92 Å². The number of carbonyl (C=O) groups is 1. The van der Waals surface area contributed by atoms with Gasteiger partial charge in [0, 0.05) is 50.3 Å². The first-order valence-electron chi connectivity index (χ1n) is 8.31. The minimum Gasteiger partial charge on any atom is -0.375 e. The number of nitrogens with zero attached hydrogens (tertiary/aromatic N) is 5. The van der Waals surface area contributed by atoms with E-state index in [1.165, 1.54) is 7.11 Å². The minimum absolute atomic E-state index is 0.0118. The smallest absolute Gasteiger partial charge is 0.248 e. The first-order valence-corrected chi connectivity index (χ1v) is 8.31. The normalized spacial score (nSPS) is 17.4. The fourth-order valence-electron chi connectivity index (χ4n) is 2.96. The summed E-state index contributed by atoms with van der Waals surface area (Å²) in [5.41, 5.74) is 0.872. The maximum atomic E-state index is 12.1. The van der Waals surface area contributed by atoms with Crippen molar-refractivity contribution in [3.8, 4) is 0 Å². The molecule has 0 bridgehead atoms. The van der Waals surface area contributed by atoms with Gasteiger partial charge >= 0.3 is 0 Å². The van der Waals surface area contributed by atoms with E-state index in [-0.39, 0.29) is 18.4 Å². The number of rotatable bonds is 5. The van der Waals surface area contributed by atoms with Gasteiger partial charge < -0.3 is 15.0 Å². The lowest BCUT2D eigenvalue weighted by Gasteiger charge is -2.32. The number of piperidine rings is 1. The number of amides is 1. The van der Waals surface area contributed by atoms with Crippen LogP contribution < -0.4 is 5.32 Å². The van der Waals surface area contributed by atoms with Crippen LogP contribution in [-0.2, 0) is 9.53 Å². The number of ether oxygens (including phenoxy) is 1. The van der Waals surface area contributed by atoms with E-state index >= 15 is 0 Å². The molecule has 1 aliphatic heterocycles. The van der Waals surface area contributed by atoms with Crippen molar-refractivity contribution in [2.45, 2.75) is 25.7 Å². The number of carbonyl (C=O) groups excluding carboxylic acids is 1. The van der Waals surface area contributed by atoms with Crippen molar-refractivity contribution in [2.75, 3.05) is 32.1 Å². The molecule has 1 atom stereocenters. The van der Waals surface area contributed by atoms with Gasteiger partial charge in [-0.1, -0.05) is 0 Å². The third-order valence-corrected chi connectivity index (χ3v) is 4.10. The molecule has 3 rings (SSSR count). The van der Waals surface area contributed by atoms with Crippen LogP contribution in [0.2, 0.25) is 0 Å². The molecule has 3 heterocycles. The highest BCUT2D eigenvalue weighted by Crippen LogP contribution is 2.26. The lowest BCUT2D eigenvalue weighted by atomic mass is 9.97. The number of nitrogens with one attached hydrogen (secondary N) is 1. The van der Waals surface area contributed by atoms with Crippen molar-refractivity contribution in [3.05, 3.63) is 36.2 Å². The van der Waals surface area contributed by atoms with Crippen LogP contribution in [0.1, 0.15) is 30.3 Å². The van der Waals surface area contributed by atoms with E-state index in [1.807, 2.05) is 17.9 Å². The van der Waals surface area contributed by atoms with Gasteiger partial charge in [0.05, 0.1) is 6.20 Å². The number of hydrogen-bond donors (Lipinski definition) is 1. The summed E-state index contributed by atoms with van der Waals surface area (Å²) in [7, 11) is 1.54. The van der Waals surface area contributed by atoms with E-state index in [1.54, 1.807) is 18.6 Å². The van der Waals surface area contributed by atoms with Gasteiger partial charge in [-0.3, -0.25) is 9.78 Å². The van der Waals surface area contributed by atoms with E-state index in [0.29, 0.717) is 18.2 Å². The highest BCUT2D eigenvalue weighted by Gasteiger charge is 2.26. The van der Waals surface area contributed by atoms with Crippen molar-refractivity contribution in [3.63, 3.8) is 0 Å². The number of methoxy groups -OCH3 is 1. The molecule has 0 aliphatic carbocycles. The van der Waals surface area contributed by atoms with E-state index in [0.717, 1.165) is 30.9 Å². The number of aryl methyl sites for hydroxylation is 1. The number of likely N-dealkylation sites (tertiary alicyclic amines) is 1. The number of hydrogen-bond acceptors (Lipinski definition) is 7. The molecule has 132 valence electrons. The molecule has 1 N–H and O–H groups in total. The zero-order valence-corrected chi connectivity index (χ0v) is 14.5. The average molecular weight is 342 g/mol. The van der Waals surface area contributed by atoms with Gasteiger partial charge in [-0.2, -0.15) is 0 Å². The Morgan fingerprint density at radius 2 is 2.24 bits per heavy atom. The Labute approximate surface area is 146 Å². The molecule has 8 heteroatoms. The average Bonchev–Trinajstić information content (AvgIpc) is 2.62. The van der Waals surface area contributed by atoms with E-state index in [4.69, 9.17) is 4.74 Å². The second-order valence-corrected chi connectivity index (χ2v) is 6.08. The topological polar surface area (TPSA) is 93.1 Å². The quantitative estimate of drug-likeness (QED) is 0.883. The number of anilines is 2. The van der Waals surface area contributed by atoms with E-state index < -0.39 is 0 Å². The molecule has 1 aliphatic rings. The Hall–Kier alpha value is -2.61. The molecular formula is C17H22N6O2. The monoisotopic (exact) mass is 342 g/mol. The van der Waals surface area contributed by atoms with E-state index in [2.05, 4.69) is 25.3 Å². The predicted molar refractivity (Wildman–Crippen MR) is 92.5 cm³/mol. The molecular weight excluding hydrogens is 320 g/mol. The Morgan fingerprint density at radius 3 is 3.00 bits per heavy atom. The molecule has 0 aromatic carbocycles. The summed E-state index contributed by atoms with van der Waals surface area (Å²) in [6.07, 6.45) is 6.78. The van der Waals surface area contributed by atoms with Crippen molar-refractivity contribution in [1.29, 1.82) is 0 Å². The second-order valence-electron chi connectivity index (χ2n) is 6.08. The van der Waals surface area contributed by atoms with Crippen molar-refractivity contribution < 1.29 is 9.53 Å². The van der Waals surface area contributed by atoms with Crippen LogP contribution in [-0.4, -0.2) is 57.5 Å². The Bertz CT molecular complexity index is 724. The van der Waals surface area contributed by atoms with Crippen LogP contribution >= 0.6 is 0 Å². The third-order valence-electron chi connectivity index (χ3n) is 4.10. The molecule has 8 nitrogen and oxygen atoms in total. The molecule has 1 fully saturated rings. The Morgan fingerprint density at radius 1 is 1.36 bits per heavy atom. The summed E-state index contributed by atoms with van der Waals surface area (Å²) >= 11 is 0. The lowest BCUT2D eigenvalue weighted by molar-refractivity contribution is -0.136. The van der Waals surface area contributed by atoms with Crippen molar-refractivity contribution in [1.82, 2.24) is 24.8 Å². The third kappa shape index (κ3) is 4.48. The van der Waals surface area contributed by atoms with Crippen LogP contribution in [0.4, 0.5) is 11.6 Å². The molecule has 0 unspecified atom stereocenters. The fraction of sp³-hybridized carbons (Fsp3) is 0.471. The maximum Gasteiger partial charge on any atom is 0.248 e. The summed E-state index contributed by atoms with van der Waals surface area (Å²) in [5.74, 6) is 2.20. The zero-order valence-electron chi connectivity index (χ0n) is 14.5. The van der Waals surface area contributed by atoms with Crippen LogP contribution in [0.3, 0.4) is 0 Å². The first kappa shape index (κ1) is 17.2. The molecule has 25 heavy (non-hydrogen) atoms. The van der Waals surface area contributed by atoms with Gasteiger partial charge in [-0.25, -0.2) is 15.0 Å². The van der Waals surface area contributed by atoms with Gasteiger partial charge in [0.1, 0.15) is 24.1 Å². The van der Waals surface area contributed by atoms with Gasteiger partial charge in [-0.05, 0) is 19.8 Å². The Balaban J connectivity index is 1.76. The first-order chi connectivity index (χ1) is 12.2. The van der Waals surface area contributed by atoms with Gasteiger partial charge in [-0.15, -0.1) is 0 Å². The summed E-state index contributed by atoms with van der Waals surface area (Å²) in [5, 5.41) is 3.15. The van der Waals surface area contributed by atoms with E-state index in [9.17, 15) is 4.79 Å². The summed E-state index contributed by atoms with van der Waals surface area (Å²) in [4.78, 5) is 31.4. The van der Waals surface area contributed by atoms with Gasteiger partial charge in [0.25, 0.3) is 0 Å². The highest BCUT2D eigenvalue weighted by molar-refractivity contribution is 5.77. The minimum atomic E-state index is 0.0118. The molecule has 1 saturated heterocycles. The summed E-state index contributed by atoms with van der Waals surface area (Å²) in [6.45, 7) is 3.43. The lowest BCUT2D eigenvalue weighted by Crippen LogP contribution is -2.41. The van der Waals surface area contributed by atoms with Crippen molar-refractivity contribution >= 4 is 17.5 Å². The van der Waals surface area contributed by atoms with Gasteiger partial charge in [0.2, 0.25) is 5.91 Å². The summed E-state index contributed by atoms with van der Waals surface area (Å²) < 4.78 is 4.96. The highest BCUT2D eigenvalue weighted by atomic mass is 16.5. The molecule has 1 amide bonds.